The van der Waals surface area contributed by atoms with Crippen molar-refractivity contribution in [3.63, 3.8) is 0 Å². The lowest BCUT2D eigenvalue weighted by Crippen LogP contribution is -2.29. The van der Waals surface area contributed by atoms with Crippen LogP contribution in [0.3, 0.4) is 0 Å². The second kappa shape index (κ2) is 8.48. The van der Waals surface area contributed by atoms with Crippen molar-refractivity contribution < 1.29 is 23.8 Å². The number of aliphatic hydroxyl groups excluding tert-OH is 1. The van der Waals surface area contributed by atoms with Gasteiger partial charge in [-0.3, -0.25) is 14.5 Å². The van der Waals surface area contributed by atoms with E-state index in [2.05, 4.69) is 0 Å². The number of ether oxygens (including phenoxy) is 1. The van der Waals surface area contributed by atoms with E-state index in [9.17, 15) is 19.1 Å². The second-order valence-corrected chi connectivity index (χ2v) is 7.79. The summed E-state index contributed by atoms with van der Waals surface area (Å²) < 4.78 is 19.0. The Bertz CT molecular complexity index is 1240. The number of methoxy groups -OCH3 is 1. The molecule has 3 aromatic rings. The maximum absolute atomic E-state index is 13.6. The lowest BCUT2D eigenvalue weighted by atomic mass is 9.94. The van der Waals surface area contributed by atoms with Gasteiger partial charge in [0.25, 0.3) is 11.7 Å². The third kappa shape index (κ3) is 3.63. The SMILES string of the molecule is COc1c(Cl)cc(C)cc1/C(O)=C1\C(=O)C(=O)N(c2ccccc2)C1c1ccc(F)cc1. The third-order valence-corrected chi connectivity index (χ3v) is 5.59. The minimum absolute atomic E-state index is 0.134. The monoisotopic (exact) mass is 451 g/mol. The average molecular weight is 452 g/mol. The largest absolute Gasteiger partial charge is 0.507 e. The molecule has 1 aliphatic heterocycles. The van der Waals surface area contributed by atoms with Crippen LogP contribution >= 0.6 is 11.6 Å². The first-order valence-electron chi connectivity index (χ1n) is 9.79. The maximum atomic E-state index is 13.6. The van der Waals surface area contributed by atoms with Crippen LogP contribution in [-0.4, -0.2) is 23.9 Å². The molecule has 1 N–H and O–H groups in total. The molecule has 0 aliphatic carbocycles. The minimum atomic E-state index is -0.970. The van der Waals surface area contributed by atoms with Crippen LogP contribution in [0.4, 0.5) is 10.1 Å². The molecule has 1 amide bonds. The van der Waals surface area contributed by atoms with Gasteiger partial charge >= 0.3 is 0 Å². The van der Waals surface area contributed by atoms with Crippen LogP contribution < -0.4 is 9.64 Å². The first kappa shape index (κ1) is 21.6. The molecular weight excluding hydrogens is 433 g/mol. The molecule has 1 heterocycles. The molecule has 32 heavy (non-hydrogen) atoms. The Kier molecular flexibility index (Phi) is 5.72. The fraction of sp³-hybridized carbons (Fsp3) is 0.120. The van der Waals surface area contributed by atoms with E-state index in [0.29, 0.717) is 11.3 Å². The summed E-state index contributed by atoms with van der Waals surface area (Å²) in [4.78, 5) is 27.6. The summed E-state index contributed by atoms with van der Waals surface area (Å²) in [5.41, 5.74) is 1.72. The van der Waals surface area contributed by atoms with Gasteiger partial charge in [0.15, 0.2) is 0 Å². The van der Waals surface area contributed by atoms with E-state index in [0.717, 1.165) is 5.56 Å². The molecule has 1 saturated heterocycles. The zero-order chi connectivity index (χ0) is 23.0. The van der Waals surface area contributed by atoms with Crippen molar-refractivity contribution in [3.05, 3.63) is 99.8 Å². The van der Waals surface area contributed by atoms with Crippen LogP contribution in [0.5, 0.6) is 5.75 Å². The summed E-state index contributed by atoms with van der Waals surface area (Å²) in [7, 11) is 1.40. The average Bonchev–Trinajstić information content (AvgIpc) is 3.04. The van der Waals surface area contributed by atoms with Gasteiger partial charge in [-0.05, 0) is 54.4 Å². The molecule has 5 nitrogen and oxygen atoms in total. The van der Waals surface area contributed by atoms with Crippen LogP contribution in [0, 0.1) is 12.7 Å². The summed E-state index contributed by atoms with van der Waals surface area (Å²) in [5.74, 6) is -2.36. The van der Waals surface area contributed by atoms with Gasteiger partial charge in [-0.1, -0.05) is 41.9 Å². The van der Waals surface area contributed by atoms with Gasteiger partial charge in [0, 0.05) is 5.69 Å². The zero-order valence-corrected chi connectivity index (χ0v) is 18.1. The highest BCUT2D eigenvalue weighted by Gasteiger charge is 2.47. The predicted molar refractivity (Wildman–Crippen MR) is 120 cm³/mol. The standard InChI is InChI=1S/C25H19ClFNO4/c1-14-12-18(24(32-2)19(26)13-14)22(29)20-21(15-8-10-16(27)11-9-15)28(25(31)23(20)30)17-6-4-3-5-7-17/h3-13,21,29H,1-2H3/b22-20+. The van der Waals surface area contributed by atoms with Crippen LogP contribution in [0.1, 0.15) is 22.7 Å². The fourth-order valence-electron chi connectivity index (χ4n) is 3.91. The van der Waals surface area contributed by atoms with E-state index in [1.807, 2.05) is 0 Å². The van der Waals surface area contributed by atoms with Crippen LogP contribution in [0.25, 0.3) is 5.76 Å². The molecule has 1 fully saturated rings. The Morgan fingerprint density at radius 1 is 1.06 bits per heavy atom. The number of rotatable bonds is 4. The number of ketones is 1. The summed E-state index contributed by atoms with van der Waals surface area (Å²) in [6, 6.07) is 16.4. The van der Waals surface area contributed by atoms with Crippen LogP contribution in [0.15, 0.2) is 72.3 Å². The van der Waals surface area contributed by atoms with E-state index in [1.165, 1.54) is 36.3 Å². The molecule has 1 aliphatic rings. The Labute approximate surface area is 189 Å². The molecular formula is C25H19ClFNO4. The Hall–Kier alpha value is -3.64. The number of hydrogen-bond acceptors (Lipinski definition) is 4. The number of aliphatic hydroxyl groups is 1. The van der Waals surface area contributed by atoms with Crippen molar-refractivity contribution in [2.24, 2.45) is 0 Å². The molecule has 1 unspecified atom stereocenters. The molecule has 1 atom stereocenters. The van der Waals surface area contributed by atoms with Crippen LogP contribution in [0.2, 0.25) is 5.02 Å². The number of carbonyl (C=O) groups is 2. The molecule has 0 bridgehead atoms. The molecule has 0 spiro atoms. The van der Waals surface area contributed by atoms with Crippen LogP contribution in [-0.2, 0) is 9.59 Å². The van der Waals surface area contributed by atoms with Crippen molar-refractivity contribution >= 4 is 34.7 Å². The molecule has 3 aromatic carbocycles. The third-order valence-electron chi connectivity index (χ3n) is 5.31. The van der Waals surface area contributed by atoms with Crippen molar-refractivity contribution in [2.45, 2.75) is 13.0 Å². The normalized spacial score (nSPS) is 17.6. The van der Waals surface area contributed by atoms with Crippen molar-refractivity contribution in [1.29, 1.82) is 0 Å². The first-order chi connectivity index (χ1) is 15.3. The number of halogens is 2. The van der Waals surface area contributed by atoms with Gasteiger partial charge in [0.05, 0.1) is 29.3 Å². The zero-order valence-electron chi connectivity index (χ0n) is 17.3. The fourth-order valence-corrected chi connectivity index (χ4v) is 4.26. The molecule has 0 radical (unpaired) electrons. The van der Waals surface area contributed by atoms with E-state index in [-0.39, 0.29) is 21.9 Å². The number of Topliss-reactive ketones (excluding diaryl/α,β-unsaturated/α-hetero) is 1. The van der Waals surface area contributed by atoms with Crippen molar-refractivity contribution in [1.82, 2.24) is 0 Å². The Morgan fingerprint density at radius 3 is 2.34 bits per heavy atom. The number of amides is 1. The highest BCUT2D eigenvalue weighted by molar-refractivity contribution is 6.51. The van der Waals surface area contributed by atoms with Crippen molar-refractivity contribution in [3.8, 4) is 5.75 Å². The highest BCUT2D eigenvalue weighted by Crippen LogP contribution is 2.44. The Balaban J connectivity index is 2.00. The quantitative estimate of drug-likeness (QED) is 0.326. The molecule has 4 rings (SSSR count). The van der Waals surface area contributed by atoms with Crippen molar-refractivity contribution in [2.75, 3.05) is 12.0 Å². The summed E-state index contributed by atoms with van der Waals surface area (Å²) in [5, 5.41) is 11.5. The number of nitrogens with zero attached hydrogens (tertiary/aromatic N) is 1. The number of carbonyl (C=O) groups excluding carboxylic acids is 2. The molecule has 7 heteroatoms. The van der Waals surface area contributed by atoms with Gasteiger partial charge in [0.1, 0.15) is 17.3 Å². The summed E-state index contributed by atoms with van der Waals surface area (Å²) in [6.07, 6.45) is 0. The minimum Gasteiger partial charge on any atom is -0.507 e. The molecule has 0 saturated carbocycles. The molecule has 0 aromatic heterocycles. The van der Waals surface area contributed by atoms with Gasteiger partial charge in [-0.25, -0.2) is 4.39 Å². The van der Waals surface area contributed by atoms with E-state index >= 15 is 0 Å². The lowest BCUT2D eigenvalue weighted by molar-refractivity contribution is -0.132. The van der Waals surface area contributed by atoms with Gasteiger partial charge in [-0.15, -0.1) is 0 Å². The number of hydrogen-bond donors (Lipinski definition) is 1. The number of para-hydroxylation sites is 1. The number of anilines is 1. The maximum Gasteiger partial charge on any atom is 0.300 e. The summed E-state index contributed by atoms with van der Waals surface area (Å²) in [6.45, 7) is 1.78. The smallest absolute Gasteiger partial charge is 0.300 e. The first-order valence-corrected chi connectivity index (χ1v) is 10.2. The second-order valence-electron chi connectivity index (χ2n) is 7.38. The van der Waals surface area contributed by atoms with Gasteiger partial charge in [-0.2, -0.15) is 0 Å². The Morgan fingerprint density at radius 2 is 1.72 bits per heavy atom. The summed E-state index contributed by atoms with van der Waals surface area (Å²) >= 11 is 6.28. The number of aryl methyl sites for hydroxylation is 1. The number of benzene rings is 3. The van der Waals surface area contributed by atoms with E-state index in [1.54, 1.807) is 49.4 Å². The topological polar surface area (TPSA) is 66.8 Å². The lowest BCUT2D eigenvalue weighted by Gasteiger charge is -2.25. The predicted octanol–water partition coefficient (Wildman–Crippen LogP) is 5.42. The molecule has 162 valence electrons. The van der Waals surface area contributed by atoms with Gasteiger partial charge < -0.3 is 9.84 Å². The van der Waals surface area contributed by atoms with E-state index in [4.69, 9.17) is 16.3 Å². The van der Waals surface area contributed by atoms with E-state index < -0.39 is 29.3 Å². The van der Waals surface area contributed by atoms with Gasteiger partial charge in [0.2, 0.25) is 0 Å². The highest BCUT2D eigenvalue weighted by atomic mass is 35.5.